The van der Waals surface area contributed by atoms with E-state index in [9.17, 15) is 9.59 Å². The van der Waals surface area contributed by atoms with Crippen LogP contribution in [0.25, 0.3) is 0 Å². The molecule has 54 heavy (non-hydrogen) atoms. The van der Waals surface area contributed by atoms with Crippen molar-refractivity contribution in [1.82, 2.24) is 0 Å². The molecule has 0 bridgehead atoms. The second-order valence-electron chi connectivity index (χ2n) is 16.7. The second kappa shape index (κ2) is 43.0. The van der Waals surface area contributed by atoms with Gasteiger partial charge >= 0.3 is 11.9 Å². The predicted molar refractivity (Wildman–Crippen MR) is 232 cm³/mol. The Morgan fingerprint density at radius 1 is 0.389 bits per heavy atom. The van der Waals surface area contributed by atoms with Crippen molar-refractivity contribution in [1.29, 1.82) is 0 Å². The molecule has 6 heteroatoms. The molecule has 0 radical (unpaired) electrons. The van der Waals surface area contributed by atoms with Gasteiger partial charge in [-0.2, -0.15) is 0 Å². The van der Waals surface area contributed by atoms with Crippen LogP contribution in [0.4, 0.5) is 0 Å². The summed E-state index contributed by atoms with van der Waals surface area (Å²) >= 11 is 0. The first kappa shape index (κ1) is 52.9. The number of unbranched alkanes of at least 4 members (excludes halogenated alkanes) is 18. The van der Waals surface area contributed by atoms with Crippen LogP contribution in [0.5, 0.6) is 0 Å². The summed E-state index contributed by atoms with van der Waals surface area (Å²) in [5.41, 5.74) is 5.73. The Balaban J connectivity index is 3.99. The highest BCUT2D eigenvalue weighted by Crippen LogP contribution is 2.23. The summed E-state index contributed by atoms with van der Waals surface area (Å²) in [4.78, 5) is 24.6. The Hall–Kier alpha value is -1.14. The van der Waals surface area contributed by atoms with E-state index in [0.717, 1.165) is 76.2 Å². The molecule has 0 saturated carbocycles. The SMILES string of the molecule is CCCCCC(CCCCC)CCOC(=O)CCCCCCCCC(CCCCCCCCC(=O)OCCC(CCCCC)CCCCC)OCCCN. The summed E-state index contributed by atoms with van der Waals surface area (Å²) in [6.07, 6.45) is 41.3. The van der Waals surface area contributed by atoms with Crippen molar-refractivity contribution in [3.63, 3.8) is 0 Å². The van der Waals surface area contributed by atoms with E-state index in [1.165, 1.54) is 154 Å². The van der Waals surface area contributed by atoms with Gasteiger partial charge in [0, 0.05) is 19.4 Å². The third kappa shape index (κ3) is 37.8. The lowest BCUT2D eigenvalue weighted by Crippen LogP contribution is -2.16. The second-order valence-corrected chi connectivity index (χ2v) is 16.7. The molecule has 0 aromatic heterocycles. The van der Waals surface area contributed by atoms with E-state index >= 15 is 0 Å². The van der Waals surface area contributed by atoms with Crippen LogP contribution in [0.1, 0.15) is 252 Å². The van der Waals surface area contributed by atoms with Crippen LogP contribution in [0.15, 0.2) is 0 Å². The Morgan fingerprint density at radius 2 is 0.722 bits per heavy atom. The topological polar surface area (TPSA) is 87.9 Å². The van der Waals surface area contributed by atoms with Crippen molar-refractivity contribution in [3.05, 3.63) is 0 Å². The Kier molecular flexibility index (Phi) is 42.1. The molecule has 322 valence electrons. The first-order valence-electron chi connectivity index (χ1n) is 24.1. The van der Waals surface area contributed by atoms with Gasteiger partial charge in [0.2, 0.25) is 0 Å². The van der Waals surface area contributed by atoms with Crippen LogP contribution >= 0.6 is 0 Å². The lowest BCUT2D eigenvalue weighted by molar-refractivity contribution is -0.145. The van der Waals surface area contributed by atoms with Crippen LogP contribution in [0.3, 0.4) is 0 Å². The summed E-state index contributed by atoms with van der Waals surface area (Å²) in [6, 6.07) is 0. The average Bonchev–Trinajstić information content (AvgIpc) is 3.16. The molecule has 0 aromatic rings. The third-order valence-corrected chi connectivity index (χ3v) is 11.5. The van der Waals surface area contributed by atoms with Crippen LogP contribution < -0.4 is 5.73 Å². The standard InChI is InChI=1S/C48H95NO5/c1-5-9-21-30-44(31-22-10-6-2)38-42-53-47(50)36-27-19-15-13-17-25-34-46(52-41-29-40-49)35-26-18-14-16-20-28-37-48(51)54-43-39-45(32-23-11-7-3)33-24-12-8-4/h44-46H,5-43,49H2,1-4H3. The summed E-state index contributed by atoms with van der Waals surface area (Å²) in [7, 11) is 0. The molecule has 0 atom stereocenters. The first-order chi connectivity index (χ1) is 26.5. The Morgan fingerprint density at radius 3 is 1.07 bits per heavy atom. The number of carbonyl (C=O) groups excluding carboxylic acids is 2. The zero-order chi connectivity index (χ0) is 39.6. The molecular weight excluding hydrogens is 671 g/mol. The maximum absolute atomic E-state index is 12.3. The monoisotopic (exact) mass is 766 g/mol. The molecule has 0 aliphatic rings. The molecule has 0 amide bonds. The number of carbonyl (C=O) groups is 2. The van der Waals surface area contributed by atoms with E-state index in [1.807, 2.05) is 0 Å². The highest BCUT2D eigenvalue weighted by Gasteiger charge is 2.13. The molecule has 6 nitrogen and oxygen atoms in total. The lowest BCUT2D eigenvalue weighted by atomic mass is 9.92. The number of rotatable bonds is 44. The molecule has 0 fully saturated rings. The Labute approximate surface area is 337 Å². The Bertz CT molecular complexity index is 698. The fourth-order valence-electron chi connectivity index (χ4n) is 7.76. The van der Waals surface area contributed by atoms with Gasteiger partial charge in [0.1, 0.15) is 0 Å². The van der Waals surface area contributed by atoms with Gasteiger partial charge in [-0.05, 0) is 63.3 Å². The molecule has 0 unspecified atom stereocenters. The van der Waals surface area contributed by atoms with Crippen molar-refractivity contribution >= 4 is 11.9 Å². The van der Waals surface area contributed by atoms with Gasteiger partial charge in [0.15, 0.2) is 0 Å². The fraction of sp³-hybridized carbons (Fsp3) is 0.958. The third-order valence-electron chi connectivity index (χ3n) is 11.5. The van der Waals surface area contributed by atoms with Gasteiger partial charge in [-0.15, -0.1) is 0 Å². The molecule has 0 aromatic carbocycles. The molecular formula is C48H95NO5. The first-order valence-corrected chi connectivity index (χ1v) is 24.1. The largest absolute Gasteiger partial charge is 0.466 e. The summed E-state index contributed by atoms with van der Waals surface area (Å²) < 4.78 is 17.5. The van der Waals surface area contributed by atoms with Crippen LogP contribution in [0, 0.1) is 11.8 Å². The number of hydrogen-bond acceptors (Lipinski definition) is 6. The summed E-state index contributed by atoms with van der Waals surface area (Å²) in [6.45, 7) is 11.7. The molecule has 0 aliphatic carbocycles. The normalized spacial score (nSPS) is 11.7. The number of ether oxygens (including phenoxy) is 3. The highest BCUT2D eigenvalue weighted by atomic mass is 16.5. The van der Waals surface area contributed by atoms with Crippen molar-refractivity contribution in [3.8, 4) is 0 Å². The maximum atomic E-state index is 12.3. The minimum Gasteiger partial charge on any atom is -0.466 e. The van der Waals surface area contributed by atoms with Crippen LogP contribution in [-0.4, -0.2) is 44.4 Å². The zero-order valence-electron chi connectivity index (χ0n) is 36.9. The van der Waals surface area contributed by atoms with Gasteiger partial charge in [0.05, 0.1) is 19.3 Å². The van der Waals surface area contributed by atoms with E-state index < -0.39 is 0 Å². The van der Waals surface area contributed by atoms with Crippen molar-refractivity contribution < 1.29 is 23.8 Å². The number of nitrogens with two attached hydrogens (primary N) is 1. The molecule has 0 saturated heterocycles. The molecule has 0 aliphatic heterocycles. The maximum Gasteiger partial charge on any atom is 0.305 e. The fourth-order valence-corrected chi connectivity index (χ4v) is 7.76. The molecule has 0 spiro atoms. The van der Waals surface area contributed by atoms with Crippen molar-refractivity contribution in [2.75, 3.05) is 26.4 Å². The lowest BCUT2D eigenvalue weighted by Gasteiger charge is -2.18. The van der Waals surface area contributed by atoms with E-state index in [0.29, 0.717) is 38.7 Å². The average molecular weight is 766 g/mol. The molecule has 0 rings (SSSR count). The zero-order valence-corrected chi connectivity index (χ0v) is 36.9. The van der Waals surface area contributed by atoms with Gasteiger partial charge in [-0.3, -0.25) is 9.59 Å². The molecule has 2 N–H and O–H groups in total. The van der Waals surface area contributed by atoms with Crippen molar-refractivity contribution in [2.45, 2.75) is 259 Å². The van der Waals surface area contributed by atoms with Crippen LogP contribution in [0.2, 0.25) is 0 Å². The van der Waals surface area contributed by atoms with Gasteiger partial charge in [0.25, 0.3) is 0 Å². The highest BCUT2D eigenvalue weighted by molar-refractivity contribution is 5.69. The van der Waals surface area contributed by atoms with Gasteiger partial charge in [-0.25, -0.2) is 0 Å². The predicted octanol–water partition coefficient (Wildman–Crippen LogP) is 14.4. The quantitative estimate of drug-likeness (QED) is 0.0491. The van der Waals surface area contributed by atoms with E-state index in [1.54, 1.807) is 0 Å². The van der Waals surface area contributed by atoms with E-state index in [-0.39, 0.29) is 11.9 Å². The van der Waals surface area contributed by atoms with Crippen molar-refractivity contribution in [2.24, 2.45) is 17.6 Å². The number of hydrogen-bond donors (Lipinski definition) is 1. The van der Waals surface area contributed by atoms with E-state index in [2.05, 4.69) is 27.7 Å². The minimum atomic E-state index is -0.00174. The van der Waals surface area contributed by atoms with Crippen LogP contribution in [-0.2, 0) is 23.8 Å². The number of esters is 2. The molecule has 0 heterocycles. The van der Waals surface area contributed by atoms with Gasteiger partial charge < -0.3 is 19.9 Å². The minimum absolute atomic E-state index is 0.00174. The summed E-state index contributed by atoms with van der Waals surface area (Å²) in [5, 5.41) is 0. The smallest absolute Gasteiger partial charge is 0.305 e. The summed E-state index contributed by atoms with van der Waals surface area (Å²) in [5.74, 6) is 1.43. The van der Waals surface area contributed by atoms with Gasteiger partial charge in [-0.1, -0.05) is 195 Å². The van der Waals surface area contributed by atoms with E-state index in [4.69, 9.17) is 19.9 Å².